The molecule has 2 unspecified atom stereocenters. The number of rotatable bonds is 1. The molecule has 0 amide bonds. The maximum atomic E-state index is 5.62. The predicted octanol–water partition coefficient (Wildman–Crippen LogP) is -0.0630. The Labute approximate surface area is 71.6 Å². The first kappa shape index (κ1) is 7.86. The van der Waals surface area contributed by atoms with Gasteiger partial charge in [0.2, 0.25) is 0 Å². The lowest BCUT2D eigenvalue weighted by Crippen LogP contribution is -2.46. The van der Waals surface area contributed by atoms with Crippen LogP contribution in [0.2, 0.25) is 0 Å². The van der Waals surface area contributed by atoms with E-state index in [1.807, 2.05) is 11.9 Å². The summed E-state index contributed by atoms with van der Waals surface area (Å²) in [6.07, 6.45) is 2.58. The third-order valence-electron chi connectivity index (χ3n) is 2.38. The number of hydrogen-bond acceptors (Lipinski definition) is 4. The number of nitrogens with one attached hydrogen (secondary N) is 1. The molecule has 1 N–H and O–H groups in total. The normalized spacial score (nSPS) is 39.0. The molecular weight excluding hydrogens is 160 g/mol. The molecule has 2 atom stereocenters. The molecule has 0 radical (unpaired) electrons. The number of fused-ring (bicyclic) bond motifs is 1. The molecule has 3 nitrogen and oxygen atoms in total. The SMILES string of the molecule is CSN1CCOC2CNCC21. The summed E-state index contributed by atoms with van der Waals surface area (Å²) in [6, 6.07) is 0.610. The van der Waals surface area contributed by atoms with Gasteiger partial charge in [-0.05, 0) is 6.26 Å². The quantitative estimate of drug-likeness (QED) is 0.563. The highest BCUT2D eigenvalue weighted by atomic mass is 32.2. The van der Waals surface area contributed by atoms with Crippen LogP contribution in [-0.4, -0.2) is 48.9 Å². The van der Waals surface area contributed by atoms with Gasteiger partial charge in [0.25, 0.3) is 0 Å². The van der Waals surface area contributed by atoms with Crippen molar-refractivity contribution in [1.29, 1.82) is 0 Å². The summed E-state index contributed by atoms with van der Waals surface area (Å²) >= 11 is 1.84. The van der Waals surface area contributed by atoms with E-state index in [2.05, 4.69) is 15.9 Å². The Morgan fingerprint density at radius 1 is 1.55 bits per heavy atom. The van der Waals surface area contributed by atoms with E-state index in [0.717, 1.165) is 26.2 Å². The molecule has 11 heavy (non-hydrogen) atoms. The van der Waals surface area contributed by atoms with Crippen molar-refractivity contribution in [2.24, 2.45) is 0 Å². The highest BCUT2D eigenvalue weighted by Crippen LogP contribution is 2.22. The average molecular weight is 174 g/mol. The maximum absolute atomic E-state index is 5.62. The minimum atomic E-state index is 0.441. The molecule has 0 aromatic heterocycles. The van der Waals surface area contributed by atoms with Gasteiger partial charge in [0.05, 0.1) is 18.8 Å². The highest BCUT2D eigenvalue weighted by Gasteiger charge is 2.35. The van der Waals surface area contributed by atoms with E-state index in [4.69, 9.17) is 4.74 Å². The monoisotopic (exact) mass is 174 g/mol. The van der Waals surface area contributed by atoms with Crippen molar-refractivity contribution in [2.75, 3.05) is 32.5 Å². The van der Waals surface area contributed by atoms with Crippen molar-refractivity contribution in [1.82, 2.24) is 9.62 Å². The molecule has 2 aliphatic rings. The topological polar surface area (TPSA) is 24.5 Å². The summed E-state index contributed by atoms with van der Waals surface area (Å²) in [6.45, 7) is 4.08. The lowest BCUT2D eigenvalue weighted by molar-refractivity contribution is -0.0111. The average Bonchev–Trinajstić information content (AvgIpc) is 2.50. The summed E-state index contributed by atoms with van der Waals surface area (Å²) in [5.74, 6) is 0. The third-order valence-corrected chi connectivity index (χ3v) is 3.30. The van der Waals surface area contributed by atoms with E-state index >= 15 is 0 Å². The lowest BCUT2D eigenvalue weighted by Gasteiger charge is -2.34. The molecular formula is C7H14N2OS. The van der Waals surface area contributed by atoms with Crippen LogP contribution in [0.3, 0.4) is 0 Å². The number of morpholine rings is 1. The van der Waals surface area contributed by atoms with Gasteiger partial charge in [-0.3, -0.25) is 0 Å². The fourth-order valence-corrected chi connectivity index (χ4v) is 2.52. The lowest BCUT2D eigenvalue weighted by atomic mass is 10.2. The van der Waals surface area contributed by atoms with Gasteiger partial charge in [-0.1, -0.05) is 11.9 Å². The highest BCUT2D eigenvalue weighted by molar-refractivity contribution is 7.96. The van der Waals surface area contributed by atoms with Crippen LogP contribution in [0.1, 0.15) is 0 Å². The summed E-state index contributed by atoms with van der Waals surface area (Å²) in [7, 11) is 0. The fraction of sp³-hybridized carbons (Fsp3) is 1.00. The van der Waals surface area contributed by atoms with Crippen molar-refractivity contribution in [2.45, 2.75) is 12.1 Å². The van der Waals surface area contributed by atoms with Crippen LogP contribution < -0.4 is 5.32 Å². The first-order chi connectivity index (χ1) is 5.42. The van der Waals surface area contributed by atoms with Crippen molar-refractivity contribution < 1.29 is 4.74 Å². The summed E-state index contributed by atoms with van der Waals surface area (Å²) in [5, 5.41) is 3.35. The molecule has 2 rings (SSSR count). The van der Waals surface area contributed by atoms with Gasteiger partial charge in [-0.25, -0.2) is 4.31 Å². The Balaban J connectivity index is 2.00. The van der Waals surface area contributed by atoms with Crippen LogP contribution >= 0.6 is 11.9 Å². The van der Waals surface area contributed by atoms with Gasteiger partial charge in [0.15, 0.2) is 0 Å². The van der Waals surface area contributed by atoms with Gasteiger partial charge in [0.1, 0.15) is 0 Å². The van der Waals surface area contributed by atoms with Gasteiger partial charge in [-0.15, -0.1) is 0 Å². The molecule has 4 heteroatoms. The van der Waals surface area contributed by atoms with Crippen LogP contribution in [0.5, 0.6) is 0 Å². The largest absolute Gasteiger partial charge is 0.374 e. The first-order valence-electron chi connectivity index (χ1n) is 4.05. The van der Waals surface area contributed by atoms with Gasteiger partial charge in [-0.2, -0.15) is 0 Å². The van der Waals surface area contributed by atoms with E-state index < -0.39 is 0 Å². The molecule has 64 valence electrons. The molecule has 0 aromatic rings. The van der Waals surface area contributed by atoms with Crippen LogP contribution in [0.4, 0.5) is 0 Å². The fourth-order valence-electron chi connectivity index (χ4n) is 1.78. The zero-order valence-electron chi connectivity index (χ0n) is 6.75. The van der Waals surface area contributed by atoms with E-state index in [-0.39, 0.29) is 0 Å². The van der Waals surface area contributed by atoms with Crippen molar-refractivity contribution in [3.63, 3.8) is 0 Å². The molecule has 0 aromatic carbocycles. The van der Waals surface area contributed by atoms with Gasteiger partial charge >= 0.3 is 0 Å². The molecule has 2 heterocycles. The minimum absolute atomic E-state index is 0.441. The summed E-state index contributed by atoms with van der Waals surface area (Å²) < 4.78 is 8.04. The van der Waals surface area contributed by atoms with E-state index in [9.17, 15) is 0 Å². The van der Waals surface area contributed by atoms with Crippen LogP contribution in [0.15, 0.2) is 0 Å². The van der Waals surface area contributed by atoms with Crippen molar-refractivity contribution in [3.8, 4) is 0 Å². The van der Waals surface area contributed by atoms with Gasteiger partial charge in [0, 0.05) is 19.6 Å². The second-order valence-electron chi connectivity index (χ2n) is 2.96. The summed E-state index contributed by atoms with van der Waals surface area (Å²) in [5.41, 5.74) is 0. The number of nitrogens with zero attached hydrogens (tertiary/aromatic N) is 1. The molecule has 2 fully saturated rings. The Hall–Kier alpha value is 0.230. The van der Waals surface area contributed by atoms with E-state index in [1.54, 1.807) is 0 Å². The van der Waals surface area contributed by atoms with Crippen LogP contribution in [-0.2, 0) is 4.74 Å². The second-order valence-corrected chi connectivity index (χ2v) is 3.79. The Morgan fingerprint density at radius 2 is 2.45 bits per heavy atom. The number of hydrogen-bond donors (Lipinski definition) is 1. The minimum Gasteiger partial charge on any atom is -0.374 e. The van der Waals surface area contributed by atoms with Crippen LogP contribution in [0.25, 0.3) is 0 Å². The maximum Gasteiger partial charge on any atom is 0.0876 e. The molecule has 0 saturated carbocycles. The molecule has 2 aliphatic heterocycles. The Kier molecular flexibility index (Phi) is 2.36. The first-order valence-corrected chi connectivity index (χ1v) is 5.23. The third kappa shape index (κ3) is 1.40. The Morgan fingerprint density at radius 3 is 3.27 bits per heavy atom. The molecule has 0 spiro atoms. The summed E-state index contributed by atoms with van der Waals surface area (Å²) in [4.78, 5) is 0. The van der Waals surface area contributed by atoms with Crippen molar-refractivity contribution in [3.05, 3.63) is 0 Å². The zero-order valence-corrected chi connectivity index (χ0v) is 7.56. The van der Waals surface area contributed by atoms with Crippen LogP contribution in [0, 0.1) is 0 Å². The zero-order chi connectivity index (χ0) is 7.68. The standard InChI is InChI=1S/C7H14N2OS/c1-11-9-2-3-10-7-5-8-4-6(7)9/h6-8H,2-5H2,1H3. The molecule has 2 saturated heterocycles. The Bertz CT molecular complexity index is 144. The van der Waals surface area contributed by atoms with E-state index in [0.29, 0.717) is 12.1 Å². The predicted molar refractivity (Wildman–Crippen MR) is 46.6 cm³/mol. The smallest absolute Gasteiger partial charge is 0.0876 e. The molecule has 0 aliphatic carbocycles. The van der Waals surface area contributed by atoms with Gasteiger partial charge < -0.3 is 10.1 Å². The van der Waals surface area contributed by atoms with E-state index in [1.165, 1.54) is 0 Å². The molecule has 0 bridgehead atoms. The van der Waals surface area contributed by atoms with Crippen molar-refractivity contribution >= 4 is 11.9 Å². The second kappa shape index (κ2) is 3.31. The number of ether oxygens (including phenoxy) is 1.